The first-order valence-electron chi connectivity index (χ1n) is 7.19. The van der Waals surface area contributed by atoms with Crippen LogP contribution in [-0.2, 0) is 11.3 Å². The second kappa shape index (κ2) is 7.01. The Morgan fingerprint density at radius 2 is 2.33 bits per heavy atom. The molecule has 0 radical (unpaired) electrons. The fourth-order valence-corrected chi connectivity index (χ4v) is 2.29. The van der Waals surface area contributed by atoms with Crippen molar-refractivity contribution in [2.45, 2.75) is 45.7 Å². The van der Waals surface area contributed by atoms with Crippen molar-refractivity contribution in [2.24, 2.45) is 0 Å². The number of nitrogens with one attached hydrogen (secondary N) is 1. The lowest BCUT2D eigenvalue weighted by molar-refractivity contribution is -0.131. The summed E-state index contributed by atoms with van der Waals surface area (Å²) in [5.74, 6) is 1.48. The molecule has 1 N–H and O–H groups in total. The number of hydrogen-bond acceptors (Lipinski definition) is 4. The molecular weight excluding hydrogens is 268 g/mol. The van der Waals surface area contributed by atoms with Gasteiger partial charge in [0.2, 0.25) is 5.91 Å². The third-order valence-corrected chi connectivity index (χ3v) is 3.43. The van der Waals surface area contributed by atoms with Crippen LogP contribution in [-0.4, -0.2) is 42.6 Å². The molecule has 7 nitrogen and oxygen atoms in total. The summed E-state index contributed by atoms with van der Waals surface area (Å²) in [5.41, 5.74) is 0. The van der Waals surface area contributed by atoms with Crippen LogP contribution < -0.4 is 0 Å². The first kappa shape index (κ1) is 15.2. The van der Waals surface area contributed by atoms with Gasteiger partial charge in [-0.2, -0.15) is 5.10 Å². The third-order valence-electron chi connectivity index (χ3n) is 3.43. The highest BCUT2D eigenvalue weighted by molar-refractivity contribution is 5.76. The maximum absolute atomic E-state index is 12.4. The highest BCUT2D eigenvalue weighted by Gasteiger charge is 2.18. The Hall–Kier alpha value is -2.18. The van der Waals surface area contributed by atoms with E-state index in [9.17, 15) is 4.79 Å². The number of rotatable bonds is 7. The van der Waals surface area contributed by atoms with Crippen LogP contribution in [0.5, 0.6) is 0 Å². The van der Waals surface area contributed by atoms with E-state index in [4.69, 9.17) is 0 Å². The first-order chi connectivity index (χ1) is 10.1. The van der Waals surface area contributed by atoms with E-state index < -0.39 is 0 Å². The fourth-order valence-electron chi connectivity index (χ4n) is 2.29. The molecule has 0 aliphatic heterocycles. The molecule has 2 aromatic rings. The lowest BCUT2D eigenvalue weighted by Crippen LogP contribution is -2.29. The molecule has 1 atom stereocenters. The fraction of sp³-hybridized carbons (Fsp3) is 0.571. The third kappa shape index (κ3) is 4.14. The Balaban J connectivity index is 1.94. The highest BCUT2D eigenvalue weighted by Crippen LogP contribution is 2.19. The summed E-state index contributed by atoms with van der Waals surface area (Å²) in [5, 5.41) is 6.84. The number of carbonyl (C=O) groups is 1. The topological polar surface area (TPSA) is 79.7 Å². The summed E-state index contributed by atoms with van der Waals surface area (Å²) in [6.07, 6.45) is 7.87. The number of amides is 1. The van der Waals surface area contributed by atoms with Crippen molar-refractivity contribution in [1.29, 1.82) is 0 Å². The second-order valence-corrected chi connectivity index (χ2v) is 5.24. The van der Waals surface area contributed by atoms with E-state index in [1.165, 1.54) is 0 Å². The summed E-state index contributed by atoms with van der Waals surface area (Å²) in [6, 6.07) is 0.154. The number of aryl methyl sites for hydroxylation is 1. The number of nitrogens with zero attached hydrogens (tertiary/aromatic N) is 5. The minimum absolute atomic E-state index is 0.0876. The SMILES string of the molecule is CCCC(CC(=O)N(C)Cc1n[nH]c(C)n1)n1ccnc1. The van der Waals surface area contributed by atoms with Crippen LogP contribution in [0.15, 0.2) is 18.7 Å². The molecule has 114 valence electrons. The van der Waals surface area contributed by atoms with Gasteiger partial charge >= 0.3 is 0 Å². The molecule has 0 bridgehead atoms. The molecule has 0 aliphatic rings. The van der Waals surface area contributed by atoms with Crippen LogP contribution in [0, 0.1) is 6.92 Å². The summed E-state index contributed by atoms with van der Waals surface area (Å²) in [6.45, 7) is 4.38. The van der Waals surface area contributed by atoms with Gasteiger partial charge in [0.05, 0.1) is 12.9 Å². The molecule has 2 aromatic heterocycles. The van der Waals surface area contributed by atoms with Gasteiger partial charge in [-0.1, -0.05) is 13.3 Å². The van der Waals surface area contributed by atoms with Gasteiger partial charge in [-0.25, -0.2) is 9.97 Å². The van der Waals surface area contributed by atoms with Crippen LogP contribution in [0.25, 0.3) is 0 Å². The van der Waals surface area contributed by atoms with Gasteiger partial charge in [-0.3, -0.25) is 9.89 Å². The van der Waals surface area contributed by atoms with Crippen molar-refractivity contribution in [3.8, 4) is 0 Å². The van der Waals surface area contributed by atoms with E-state index in [1.807, 2.05) is 17.7 Å². The minimum Gasteiger partial charge on any atom is -0.338 e. The van der Waals surface area contributed by atoms with Gasteiger partial charge in [-0.05, 0) is 13.3 Å². The Morgan fingerprint density at radius 3 is 2.90 bits per heavy atom. The number of hydrogen-bond donors (Lipinski definition) is 1. The molecule has 0 saturated carbocycles. The molecule has 1 unspecified atom stereocenters. The highest BCUT2D eigenvalue weighted by atomic mass is 16.2. The van der Waals surface area contributed by atoms with E-state index in [0.717, 1.165) is 18.7 Å². The molecule has 21 heavy (non-hydrogen) atoms. The molecule has 0 saturated heterocycles. The first-order valence-corrected chi connectivity index (χ1v) is 7.19. The van der Waals surface area contributed by atoms with Gasteiger partial charge in [0.25, 0.3) is 0 Å². The van der Waals surface area contributed by atoms with Crippen molar-refractivity contribution in [1.82, 2.24) is 29.6 Å². The van der Waals surface area contributed by atoms with Crippen molar-refractivity contribution >= 4 is 5.91 Å². The van der Waals surface area contributed by atoms with E-state index in [0.29, 0.717) is 18.8 Å². The van der Waals surface area contributed by atoms with Crippen molar-refractivity contribution in [3.05, 3.63) is 30.4 Å². The molecule has 2 heterocycles. The summed E-state index contributed by atoms with van der Waals surface area (Å²) >= 11 is 0. The Kier molecular flexibility index (Phi) is 5.08. The molecular formula is C14H22N6O. The smallest absolute Gasteiger partial charge is 0.224 e. The van der Waals surface area contributed by atoms with E-state index in [1.54, 1.807) is 24.5 Å². The predicted octanol–water partition coefficient (Wildman–Crippen LogP) is 1.70. The Bertz CT molecular complexity index is 562. The zero-order chi connectivity index (χ0) is 15.2. The molecule has 0 aromatic carbocycles. The van der Waals surface area contributed by atoms with Crippen molar-refractivity contribution in [2.75, 3.05) is 7.05 Å². The normalized spacial score (nSPS) is 12.3. The minimum atomic E-state index is 0.0876. The van der Waals surface area contributed by atoms with Crippen LogP contribution in [0.1, 0.15) is 43.9 Å². The largest absolute Gasteiger partial charge is 0.338 e. The van der Waals surface area contributed by atoms with Gasteiger partial charge in [-0.15, -0.1) is 0 Å². The van der Waals surface area contributed by atoms with E-state index in [-0.39, 0.29) is 11.9 Å². The molecule has 0 fully saturated rings. The number of carbonyl (C=O) groups excluding carboxylic acids is 1. The molecule has 0 spiro atoms. The van der Waals surface area contributed by atoms with Gasteiger partial charge in [0, 0.05) is 31.9 Å². The maximum atomic E-state index is 12.4. The molecule has 0 aliphatic carbocycles. The van der Waals surface area contributed by atoms with Crippen LogP contribution in [0.4, 0.5) is 0 Å². The lowest BCUT2D eigenvalue weighted by Gasteiger charge is -2.21. The standard InChI is InChI=1S/C14H22N6O/c1-4-5-12(20-7-6-15-10-20)8-14(21)19(3)9-13-16-11(2)17-18-13/h6-7,10,12H,4-5,8-9H2,1-3H3,(H,16,17,18). The van der Waals surface area contributed by atoms with Crippen LogP contribution in [0.2, 0.25) is 0 Å². The quantitative estimate of drug-likeness (QED) is 0.841. The molecule has 2 rings (SSSR count). The van der Waals surface area contributed by atoms with Crippen molar-refractivity contribution in [3.63, 3.8) is 0 Å². The number of aromatic nitrogens is 5. The summed E-state index contributed by atoms with van der Waals surface area (Å²) < 4.78 is 2.01. The Labute approximate surface area is 124 Å². The monoisotopic (exact) mass is 290 g/mol. The van der Waals surface area contributed by atoms with Gasteiger partial charge in [0.15, 0.2) is 5.82 Å². The molecule has 1 amide bonds. The number of aromatic amines is 1. The van der Waals surface area contributed by atoms with Crippen LogP contribution >= 0.6 is 0 Å². The number of imidazole rings is 1. The average molecular weight is 290 g/mol. The zero-order valence-corrected chi connectivity index (χ0v) is 12.8. The second-order valence-electron chi connectivity index (χ2n) is 5.24. The van der Waals surface area contributed by atoms with Crippen molar-refractivity contribution < 1.29 is 4.79 Å². The summed E-state index contributed by atoms with van der Waals surface area (Å²) in [4.78, 5) is 22.3. The number of H-pyrrole nitrogens is 1. The Morgan fingerprint density at radius 1 is 1.52 bits per heavy atom. The average Bonchev–Trinajstić information content (AvgIpc) is 3.10. The van der Waals surface area contributed by atoms with Gasteiger partial charge < -0.3 is 9.47 Å². The predicted molar refractivity (Wildman–Crippen MR) is 78.4 cm³/mol. The van der Waals surface area contributed by atoms with Crippen LogP contribution in [0.3, 0.4) is 0 Å². The molecule has 7 heteroatoms. The summed E-state index contributed by atoms with van der Waals surface area (Å²) in [7, 11) is 1.78. The van der Waals surface area contributed by atoms with Gasteiger partial charge in [0.1, 0.15) is 5.82 Å². The van der Waals surface area contributed by atoms with E-state index >= 15 is 0 Å². The van der Waals surface area contributed by atoms with E-state index in [2.05, 4.69) is 27.1 Å². The lowest BCUT2D eigenvalue weighted by atomic mass is 10.1. The zero-order valence-electron chi connectivity index (χ0n) is 12.8. The maximum Gasteiger partial charge on any atom is 0.224 e.